The minimum atomic E-state index is -0.726. The molecule has 1 aromatic rings. The molecule has 0 aliphatic carbocycles. The van der Waals surface area contributed by atoms with E-state index >= 15 is 0 Å². The average Bonchev–Trinajstić information content (AvgIpc) is 2.42. The first-order chi connectivity index (χ1) is 9.08. The summed E-state index contributed by atoms with van der Waals surface area (Å²) >= 11 is 2.97. The molecular weight excluding hydrogens is 322 g/mol. The molecule has 1 heterocycles. The third-order valence-corrected chi connectivity index (χ3v) is 3.41. The SMILES string of the molecule is O=C(CNc1cc(Br)c(F)cc1F)N1CCOCC1. The number of ether oxygens (including phenoxy) is 1. The van der Waals surface area contributed by atoms with Gasteiger partial charge in [-0.2, -0.15) is 0 Å². The van der Waals surface area contributed by atoms with Crippen molar-refractivity contribution in [3.63, 3.8) is 0 Å². The Balaban J connectivity index is 1.94. The molecule has 0 unspecified atom stereocenters. The molecule has 0 bridgehead atoms. The van der Waals surface area contributed by atoms with Gasteiger partial charge in [0.25, 0.3) is 0 Å². The molecule has 1 aromatic carbocycles. The Labute approximate surface area is 117 Å². The van der Waals surface area contributed by atoms with Crippen LogP contribution in [0.4, 0.5) is 14.5 Å². The molecule has 0 saturated carbocycles. The van der Waals surface area contributed by atoms with Crippen LogP contribution in [0, 0.1) is 11.6 Å². The molecule has 1 N–H and O–H groups in total. The van der Waals surface area contributed by atoms with Crippen LogP contribution in [0.5, 0.6) is 0 Å². The number of nitrogens with one attached hydrogen (secondary N) is 1. The average molecular weight is 335 g/mol. The number of halogens is 3. The third kappa shape index (κ3) is 3.63. The fourth-order valence-electron chi connectivity index (χ4n) is 1.75. The highest BCUT2D eigenvalue weighted by molar-refractivity contribution is 9.10. The van der Waals surface area contributed by atoms with Crippen LogP contribution in [0.15, 0.2) is 16.6 Å². The van der Waals surface area contributed by atoms with Gasteiger partial charge in [-0.15, -0.1) is 0 Å². The molecule has 4 nitrogen and oxygen atoms in total. The van der Waals surface area contributed by atoms with Crippen LogP contribution in [0.2, 0.25) is 0 Å². The van der Waals surface area contributed by atoms with Gasteiger partial charge < -0.3 is 15.0 Å². The van der Waals surface area contributed by atoms with Crippen molar-refractivity contribution in [3.8, 4) is 0 Å². The first kappa shape index (κ1) is 14.2. The molecule has 104 valence electrons. The van der Waals surface area contributed by atoms with Crippen LogP contribution < -0.4 is 5.32 Å². The van der Waals surface area contributed by atoms with E-state index in [-0.39, 0.29) is 22.6 Å². The summed E-state index contributed by atoms with van der Waals surface area (Å²) in [6.45, 7) is 2.08. The lowest BCUT2D eigenvalue weighted by molar-refractivity contribution is -0.133. The molecule has 0 radical (unpaired) electrons. The highest BCUT2D eigenvalue weighted by atomic mass is 79.9. The summed E-state index contributed by atoms with van der Waals surface area (Å²) in [7, 11) is 0. The molecule has 1 aliphatic rings. The lowest BCUT2D eigenvalue weighted by atomic mass is 10.3. The first-order valence-electron chi connectivity index (χ1n) is 5.82. The van der Waals surface area contributed by atoms with Gasteiger partial charge in [0, 0.05) is 19.2 Å². The first-order valence-corrected chi connectivity index (χ1v) is 6.61. The standard InChI is InChI=1S/C12H13BrF2N2O2/c13-8-5-11(10(15)6-9(8)14)16-7-12(18)17-1-3-19-4-2-17/h5-6,16H,1-4,7H2. The van der Waals surface area contributed by atoms with Gasteiger partial charge in [0.1, 0.15) is 11.6 Å². The van der Waals surface area contributed by atoms with Gasteiger partial charge in [-0.3, -0.25) is 4.79 Å². The van der Waals surface area contributed by atoms with Crippen LogP contribution in [-0.2, 0) is 9.53 Å². The lowest BCUT2D eigenvalue weighted by Gasteiger charge is -2.27. The van der Waals surface area contributed by atoms with Crippen LogP contribution in [0.1, 0.15) is 0 Å². The monoisotopic (exact) mass is 334 g/mol. The van der Waals surface area contributed by atoms with Crippen molar-refractivity contribution in [1.29, 1.82) is 0 Å². The largest absolute Gasteiger partial charge is 0.378 e. The summed E-state index contributed by atoms with van der Waals surface area (Å²) in [6.07, 6.45) is 0. The van der Waals surface area contributed by atoms with Crippen molar-refractivity contribution in [3.05, 3.63) is 28.2 Å². The molecular formula is C12H13BrF2N2O2. The minimum Gasteiger partial charge on any atom is -0.378 e. The number of amides is 1. The van der Waals surface area contributed by atoms with Crippen molar-refractivity contribution < 1.29 is 18.3 Å². The zero-order valence-corrected chi connectivity index (χ0v) is 11.7. The molecule has 0 atom stereocenters. The van der Waals surface area contributed by atoms with Gasteiger partial charge >= 0.3 is 0 Å². The normalized spacial score (nSPS) is 15.4. The smallest absolute Gasteiger partial charge is 0.242 e. The lowest BCUT2D eigenvalue weighted by Crippen LogP contribution is -2.43. The summed E-state index contributed by atoms with van der Waals surface area (Å²) < 4.78 is 31.8. The summed E-state index contributed by atoms with van der Waals surface area (Å²) in [5, 5.41) is 2.67. The van der Waals surface area contributed by atoms with E-state index in [1.165, 1.54) is 6.07 Å². The number of rotatable bonds is 3. The molecule has 2 rings (SSSR count). The van der Waals surface area contributed by atoms with Crippen molar-refractivity contribution in [1.82, 2.24) is 4.90 Å². The molecule has 1 fully saturated rings. The zero-order valence-electron chi connectivity index (χ0n) is 10.1. The Kier molecular flexibility index (Phi) is 4.71. The van der Waals surface area contributed by atoms with Gasteiger partial charge in [-0.1, -0.05) is 0 Å². The summed E-state index contributed by atoms with van der Waals surface area (Å²) in [5.41, 5.74) is 0.0925. The number of anilines is 1. The topological polar surface area (TPSA) is 41.6 Å². The predicted octanol–water partition coefficient (Wildman–Crippen LogP) is 2.00. The molecule has 1 saturated heterocycles. The van der Waals surface area contributed by atoms with Gasteiger partial charge in [0.15, 0.2) is 0 Å². The fraction of sp³-hybridized carbons (Fsp3) is 0.417. The fourth-order valence-corrected chi connectivity index (χ4v) is 2.10. The Bertz CT molecular complexity index is 479. The Hall–Kier alpha value is -1.21. The van der Waals surface area contributed by atoms with Crippen molar-refractivity contribution >= 4 is 27.5 Å². The number of nitrogens with zero attached hydrogens (tertiary/aromatic N) is 1. The van der Waals surface area contributed by atoms with Crippen LogP contribution in [0.25, 0.3) is 0 Å². The van der Waals surface area contributed by atoms with E-state index in [0.29, 0.717) is 26.3 Å². The summed E-state index contributed by atoms with van der Waals surface area (Å²) in [6, 6.07) is 2.04. The number of carbonyl (C=O) groups excluding carboxylic acids is 1. The molecule has 19 heavy (non-hydrogen) atoms. The maximum atomic E-state index is 13.5. The predicted molar refractivity (Wildman–Crippen MR) is 69.9 cm³/mol. The second kappa shape index (κ2) is 6.29. The van der Waals surface area contributed by atoms with E-state index < -0.39 is 11.6 Å². The van der Waals surface area contributed by atoms with E-state index in [9.17, 15) is 13.6 Å². The number of carbonyl (C=O) groups is 1. The molecule has 0 spiro atoms. The van der Waals surface area contributed by atoms with Crippen LogP contribution in [-0.4, -0.2) is 43.7 Å². The second-order valence-electron chi connectivity index (χ2n) is 4.09. The van der Waals surface area contributed by atoms with Gasteiger partial charge in [-0.05, 0) is 22.0 Å². The second-order valence-corrected chi connectivity index (χ2v) is 4.95. The number of benzene rings is 1. The number of morpholine rings is 1. The van der Waals surface area contributed by atoms with E-state index in [1.54, 1.807) is 4.90 Å². The van der Waals surface area contributed by atoms with Gasteiger partial charge in [-0.25, -0.2) is 8.78 Å². The quantitative estimate of drug-likeness (QED) is 0.859. The third-order valence-electron chi connectivity index (χ3n) is 2.80. The highest BCUT2D eigenvalue weighted by Crippen LogP contribution is 2.23. The highest BCUT2D eigenvalue weighted by Gasteiger charge is 2.17. The maximum Gasteiger partial charge on any atom is 0.242 e. The summed E-state index contributed by atoms with van der Waals surface area (Å²) in [5.74, 6) is -1.54. The molecule has 0 aromatic heterocycles. The van der Waals surface area contributed by atoms with E-state index in [0.717, 1.165) is 6.07 Å². The van der Waals surface area contributed by atoms with Crippen molar-refractivity contribution in [2.45, 2.75) is 0 Å². The van der Waals surface area contributed by atoms with Gasteiger partial charge in [0.05, 0.1) is 29.9 Å². The molecule has 7 heteroatoms. The number of hydrogen-bond acceptors (Lipinski definition) is 3. The Morgan fingerprint density at radius 2 is 2.00 bits per heavy atom. The van der Waals surface area contributed by atoms with E-state index in [4.69, 9.17) is 4.74 Å². The van der Waals surface area contributed by atoms with E-state index in [2.05, 4.69) is 21.2 Å². The molecule has 1 aliphatic heterocycles. The summed E-state index contributed by atoms with van der Waals surface area (Å²) in [4.78, 5) is 13.5. The van der Waals surface area contributed by atoms with Crippen LogP contribution in [0.3, 0.4) is 0 Å². The Morgan fingerprint density at radius 1 is 1.32 bits per heavy atom. The molecule has 1 amide bonds. The van der Waals surface area contributed by atoms with E-state index in [1.807, 2.05) is 0 Å². The maximum absolute atomic E-state index is 13.5. The Morgan fingerprint density at radius 3 is 2.68 bits per heavy atom. The zero-order chi connectivity index (χ0) is 13.8. The van der Waals surface area contributed by atoms with Crippen LogP contribution >= 0.6 is 15.9 Å². The minimum absolute atomic E-state index is 0.0327. The van der Waals surface area contributed by atoms with Crippen molar-refractivity contribution in [2.75, 3.05) is 38.2 Å². The van der Waals surface area contributed by atoms with Gasteiger partial charge in [0.2, 0.25) is 5.91 Å². The van der Waals surface area contributed by atoms with Crippen molar-refractivity contribution in [2.24, 2.45) is 0 Å². The number of hydrogen-bond donors (Lipinski definition) is 1.